The highest BCUT2D eigenvalue weighted by molar-refractivity contribution is 7.16. The molecule has 1 aromatic carbocycles. The van der Waals surface area contributed by atoms with Crippen molar-refractivity contribution in [3.05, 3.63) is 51.1 Å². The number of aromatic nitrogens is 3. The van der Waals surface area contributed by atoms with Crippen LogP contribution in [0, 0.1) is 10.1 Å². The second kappa shape index (κ2) is 8.13. The Morgan fingerprint density at radius 1 is 1.32 bits per heavy atom. The van der Waals surface area contributed by atoms with E-state index in [4.69, 9.17) is 4.74 Å². The molecule has 3 aromatic rings. The minimum absolute atomic E-state index is 0.0843. The Hall–Kier alpha value is -3.34. The van der Waals surface area contributed by atoms with Crippen molar-refractivity contribution in [2.45, 2.75) is 26.9 Å². The van der Waals surface area contributed by atoms with Crippen LogP contribution in [0.5, 0.6) is 0 Å². The van der Waals surface area contributed by atoms with E-state index >= 15 is 0 Å². The lowest BCUT2D eigenvalue weighted by molar-refractivity contribution is -0.384. The van der Waals surface area contributed by atoms with Gasteiger partial charge in [-0.2, -0.15) is 10.1 Å². The highest BCUT2D eigenvalue weighted by atomic mass is 32.1. The van der Waals surface area contributed by atoms with Crippen LogP contribution in [0.3, 0.4) is 0 Å². The molecule has 0 atom stereocenters. The van der Waals surface area contributed by atoms with Crippen molar-refractivity contribution in [2.75, 3.05) is 6.61 Å². The van der Waals surface area contributed by atoms with Crippen molar-refractivity contribution >= 4 is 39.1 Å². The van der Waals surface area contributed by atoms with Crippen LogP contribution >= 0.6 is 11.3 Å². The third-order valence-corrected chi connectivity index (χ3v) is 4.94. The van der Waals surface area contributed by atoms with E-state index in [2.05, 4.69) is 10.1 Å². The first-order chi connectivity index (χ1) is 13.4. The van der Waals surface area contributed by atoms with E-state index < -0.39 is 16.8 Å². The van der Waals surface area contributed by atoms with E-state index in [1.165, 1.54) is 33.6 Å². The predicted octanol–water partition coefficient (Wildman–Crippen LogP) is 2.13. The number of non-ortho nitro benzene ring substituents is 1. The molecule has 0 N–H and O–H groups in total. The number of ether oxygens (including phenoxy) is 1. The number of fused-ring (bicyclic) bond motifs is 1. The first-order valence-electron chi connectivity index (χ1n) is 8.48. The third kappa shape index (κ3) is 3.83. The maximum Gasteiger partial charge on any atom is 0.326 e. The number of carbonyl (C=O) groups is 2. The van der Waals surface area contributed by atoms with E-state index in [9.17, 15) is 19.7 Å². The zero-order chi connectivity index (χ0) is 20.3. The Labute approximate surface area is 162 Å². The van der Waals surface area contributed by atoms with Crippen LogP contribution in [0.15, 0.2) is 35.5 Å². The van der Waals surface area contributed by atoms with E-state index in [0.29, 0.717) is 22.5 Å². The first-order valence-corrected chi connectivity index (χ1v) is 9.30. The van der Waals surface area contributed by atoms with Gasteiger partial charge in [-0.3, -0.25) is 24.4 Å². The number of esters is 1. The van der Waals surface area contributed by atoms with E-state index in [0.717, 1.165) is 11.3 Å². The number of rotatable bonds is 6. The number of amides is 1. The van der Waals surface area contributed by atoms with E-state index in [1.807, 2.05) is 6.92 Å². The lowest BCUT2D eigenvalue weighted by atomic mass is 10.3. The van der Waals surface area contributed by atoms with E-state index in [1.54, 1.807) is 13.0 Å². The highest BCUT2D eigenvalue weighted by Gasteiger charge is 2.16. The fourth-order valence-electron chi connectivity index (χ4n) is 2.66. The van der Waals surface area contributed by atoms with Crippen LogP contribution in [-0.4, -0.2) is 37.8 Å². The SMILES string of the molecule is CCOC(=O)Cn1c(=NC(=O)c2ccnn2CC)sc2cc([N+](=O)[O-])ccc21. The number of nitro benzene ring substituents is 1. The molecule has 28 heavy (non-hydrogen) atoms. The number of carbonyl (C=O) groups excluding carboxylic acids is 2. The summed E-state index contributed by atoms with van der Waals surface area (Å²) in [5, 5.41) is 15.1. The molecule has 2 heterocycles. The quantitative estimate of drug-likeness (QED) is 0.353. The van der Waals surface area contributed by atoms with Crippen LogP contribution in [0.2, 0.25) is 0 Å². The van der Waals surface area contributed by atoms with Gasteiger partial charge in [0.1, 0.15) is 12.2 Å². The molecule has 1 amide bonds. The molecule has 11 heteroatoms. The largest absolute Gasteiger partial charge is 0.465 e. The fourth-order valence-corrected chi connectivity index (χ4v) is 3.72. The zero-order valence-electron chi connectivity index (χ0n) is 15.2. The summed E-state index contributed by atoms with van der Waals surface area (Å²) in [5.41, 5.74) is 0.784. The lowest BCUT2D eigenvalue weighted by Crippen LogP contribution is -2.23. The summed E-state index contributed by atoms with van der Waals surface area (Å²) in [7, 11) is 0. The second-order valence-electron chi connectivity index (χ2n) is 5.63. The molecular weight excluding hydrogens is 386 g/mol. The van der Waals surface area contributed by atoms with Crippen LogP contribution in [-0.2, 0) is 22.6 Å². The number of hydrogen-bond donors (Lipinski definition) is 0. The molecule has 0 aliphatic carbocycles. The van der Waals surface area contributed by atoms with Crippen molar-refractivity contribution in [3.63, 3.8) is 0 Å². The maximum absolute atomic E-state index is 12.6. The Morgan fingerprint density at radius 3 is 2.79 bits per heavy atom. The molecule has 0 radical (unpaired) electrons. The number of hydrogen-bond acceptors (Lipinski definition) is 7. The molecule has 2 aromatic heterocycles. The molecule has 0 fully saturated rings. The summed E-state index contributed by atoms with van der Waals surface area (Å²) in [6.07, 6.45) is 1.51. The van der Waals surface area contributed by atoms with Gasteiger partial charge in [0.25, 0.3) is 11.6 Å². The van der Waals surface area contributed by atoms with Gasteiger partial charge in [-0.05, 0) is 26.0 Å². The summed E-state index contributed by atoms with van der Waals surface area (Å²) in [5.74, 6) is -1.01. The topological polar surface area (TPSA) is 122 Å². The minimum Gasteiger partial charge on any atom is -0.465 e. The molecule has 0 unspecified atom stereocenters. The molecule has 146 valence electrons. The Morgan fingerprint density at radius 2 is 2.11 bits per heavy atom. The summed E-state index contributed by atoms with van der Waals surface area (Å²) in [6, 6.07) is 5.82. The van der Waals surface area contributed by atoms with Crippen molar-refractivity contribution in [1.29, 1.82) is 0 Å². The first kappa shape index (κ1) is 19.4. The van der Waals surface area contributed by atoms with Crippen molar-refractivity contribution in [2.24, 2.45) is 4.99 Å². The van der Waals surface area contributed by atoms with Gasteiger partial charge in [-0.25, -0.2) is 0 Å². The van der Waals surface area contributed by atoms with Gasteiger partial charge >= 0.3 is 5.97 Å². The summed E-state index contributed by atoms with van der Waals surface area (Å²) in [6.45, 7) is 4.10. The standard InChI is InChI=1S/C17H17N5O5S/c1-3-21-13(7-8-18-21)16(24)19-17-20(10-15(23)27-4-2)12-6-5-11(22(25)26)9-14(12)28-17/h5-9H,3-4,10H2,1-2H3. The number of nitro groups is 1. The molecule has 0 bridgehead atoms. The number of aryl methyl sites for hydroxylation is 1. The number of thiazole rings is 1. The van der Waals surface area contributed by atoms with E-state index in [-0.39, 0.29) is 23.6 Å². The molecule has 0 spiro atoms. The van der Waals surface area contributed by atoms with Gasteiger partial charge in [0.2, 0.25) is 0 Å². The van der Waals surface area contributed by atoms with Crippen LogP contribution < -0.4 is 4.80 Å². The average molecular weight is 403 g/mol. The lowest BCUT2D eigenvalue weighted by Gasteiger charge is -2.05. The van der Waals surface area contributed by atoms with Gasteiger partial charge in [0.15, 0.2) is 4.80 Å². The smallest absolute Gasteiger partial charge is 0.326 e. The van der Waals surface area contributed by atoms with Gasteiger partial charge in [-0.1, -0.05) is 11.3 Å². The molecular formula is C17H17N5O5S. The number of nitrogens with zero attached hydrogens (tertiary/aromatic N) is 5. The second-order valence-corrected chi connectivity index (χ2v) is 6.64. The fraction of sp³-hybridized carbons (Fsp3) is 0.294. The van der Waals surface area contributed by atoms with Crippen LogP contribution in [0.1, 0.15) is 24.3 Å². The molecule has 0 saturated carbocycles. The van der Waals surface area contributed by atoms with Gasteiger partial charge < -0.3 is 9.30 Å². The molecule has 3 rings (SSSR count). The van der Waals surface area contributed by atoms with Crippen LogP contribution in [0.4, 0.5) is 5.69 Å². The van der Waals surface area contributed by atoms with Crippen molar-refractivity contribution < 1.29 is 19.2 Å². The van der Waals surface area contributed by atoms with Crippen molar-refractivity contribution in [3.8, 4) is 0 Å². The molecule has 0 aliphatic rings. The Bertz CT molecular complexity index is 1130. The van der Waals surface area contributed by atoms with Crippen molar-refractivity contribution in [1.82, 2.24) is 14.3 Å². The number of benzene rings is 1. The Balaban J connectivity index is 2.14. The van der Waals surface area contributed by atoms with Crippen LogP contribution in [0.25, 0.3) is 10.2 Å². The van der Waals surface area contributed by atoms with Gasteiger partial charge in [0.05, 0.1) is 21.7 Å². The molecule has 10 nitrogen and oxygen atoms in total. The van der Waals surface area contributed by atoms with Gasteiger partial charge in [-0.15, -0.1) is 0 Å². The monoisotopic (exact) mass is 403 g/mol. The normalized spacial score (nSPS) is 11.7. The summed E-state index contributed by atoms with van der Waals surface area (Å²) in [4.78, 5) is 39.5. The highest BCUT2D eigenvalue weighted by Crippen LogP contribution is 2.23. The summed E-state index contributed by atoms with van der Waals surface area (Å²) >= 11 is 1.09. The predicted molar refractivity (Wildman–Crippen MR) is 101 cm³/mol. The summed E-state index contributed by atoms with van der Waals surface area (Å²) < 4.78 is 8.56. The Kier molecular flexibility index (Phi) is 5.64. The minimum atomic E-state index is -0.516. The van der Waals surface area contributed by atoms with Gasteiger partial charge in [0, 0.05) is 24.9 Å². The molecule has 0 saturated heterocycles. The maximum atomic E-state index is 12.6. The zero-order valence-corrected chi connectivity index (χ0v) is 16.0. The third-order valence-electron chi connectivity index (χ3n) is 3.90. The molecule has 0 aliphatic heterocycles. The average Bonchev–Trinajstić information content (AvgIpc) is 3.26.